The number of ether oxygens (including phenoxy) is 1. The second-order valence-corrected chi connectivity index (χ2v) is 7.54. The lowest BCUT2D eigenvalue weighted by molar-refractivity contribution is -0.153. The minimum absolute atomic E-state index is 0.204. The molecule has 0 saturated carbocycles. The van der Waals surface area contributed by atoms with Gasteiger partial charge in [0, 0.05) is 18.1 Å². The SMILES string of the molecule is CCOC(=O)[C@H]1C(=O)NC(N2CCc3ccccc3C2)=N[C@H]1c1ccc(Cl)cc1. The summed E-state index contributed by atoms with van der Waals surface area (Å²) in [6.45, 7) is 3.32. The number of aliphatic imine (C=N–C) groups is 1. The molecular formula is C22H22ClN3O3. The van der Waals surface area contributed by atoms with Gasteiger partial charge >= 0.3 is 5.97 Å². The first-order valence-electron chi connectivity index (χ1n) is 9.69. The number of fused-ring (bicyclic) bond motifs is 1. The van der Waals surface area contributed by atoms with Crippen LogP contribution in [0.25, 0.3) is 0 Å². The van der Waals surface area contributed by atoms with Gasteiger partial charge in [-0.1, -0.05) is 48.0 Å². The van der Waals surface area contributed by atoms with Gasteiger partial charge in [-0.2, -0.15) is 0 Å². The summed E-state index contributed by atoms with van der Waals surface area (Å²) in [6.07, 6.45) is 0.873. The van der Waals surface area contributed by atoms with E-state index in [0.717, 1.165) is 18.5 Å². The van der Waals surface area contributed by atoms with Crippen molar-refractivity contribution >= 4 is 29.4 Å². The molecule has 6 nitrogen and oxygen atoms in total. The van der Waals surface area contributed by atoms with Gasteiger partial charge in [0.15, 0.2) is 5.92 Å². The molecule has 0 bridgehead atoms. The Labute approximate surface area is 174 Å². The van der Waals surface area contributed by atoms with Crippen molar-refractivity contribution in [3.8, 4) is 0 Å². The molecule has 0 saturated heterocycles. The Kier molecular flexibility index (Phi) is 5.53. The first kappa shape index (κ1) is 19.5. The van der Waals surface area contributed by atoms with E-state index in [2.05, 4.69) is 17.4 Å². The Balaban J connectivity index is 1.68. The van der Waals surface area contributed by atoms with Crippen molar-refractivity contribution < 1.29 is 14.3 Å². The number of esters is 1. The lowest BCUT2D eigenvalue weighted by Gasteiger charge is -2.36. The molecule has 1 amide bonds. The second-order valence-electron chi connectivity index (χ2n) is 7.11. The van der Waals surface area contributed by atoms with E-state index in [1.165, 1.54) is 11.1 Å². The third-order valence-corrected chi connectivity index (χ3v) is 5.53. The highest BCUT2D eigenvalue weighted by Gasteiger charge is 2.42. The van der Waals surface area contributed by atoms with Crippen LogP contribution in [-0.2, 0) is 27.3 Å². The number of hydrogen-bond acceptors (Lipinski definition) is 5. The van der Waals surface area contributed by atoms with Gasteiger partial charge in [0.1, 0.15) is 6.04 Å². The van der Waals surface area contributed by atoms with Crippen molar-refractivity contribution in [3.05, 3.63) is 70.2 Å². The van der Waals surface area contributed by atoms with Crippen molar-refractivity contribution in [2.45, 2.75) is 25.9 Å². The molecule has 2 heterocycles. The molecule has 1 N–H and O–H groups in total. The molecule has 0 radical (unpaired) electrons. The number of carbonyl (C=O) groups is 2. The summed E-state index contributed by atoms with van der Waals surface area (Å²) in [5.41, 5.74) is 3.27. The summed E-state index contributed by atoms with van der Waals surface area (Å²) >= 11 is 6.01. The lowest BCUT2D eigenvalue weighted by Crippen LogP contribution is -2.53. The summed E-state index contributed by atoms with van der Waals surface area (Å²) in [7, 11) is 0. The summed E-state index contributed by atoms with van der Waals surface area (Å²) in [5.74, 6) is -1.51. The standard InChI is InChI=1S/C22H22ClN3O3/c1-2-29-21(28)18-19(15-7-9-17(23)10-8-15)24-22(25-20(18)27)26-12-11-14-5-3-4-6-16(14)13-26/h3-10,18-19H,2,11-13H2,1H3,(H,24,25,27)/t18-,19+/m1/s1. The molecule has 0 aromatic heterocycles. The minimum Gasteiger partial charge on any atom is -0.465 e. The van der Waals surface area contributed by atoms with Crippen molar-refractivity contribution in [1.29, 1.82) is 0 Å². The molecular weight excluding hydrogens is 390 g/mol. The monoisotopic (exact) mass is 411 g/mol. The van der Waals surface area contributed by atoms with Gasteiger partial charge in [-0.25, -0.2) is 4.99 Å². The predicted octanol–water partition coefficient (Wildman–Crippen LogP) is 3.10. The number of benzene rings is 2. The summed E-state index contributed by atoms with van der Waals surface area (Å²) in [5, 5.41) is 3.41. The Bertz CT molecular complexity index is 958. The van der Waals surface area contributed by atoms with Gasteiger partial charge in [0.2, 0.25) is 11.9 Å². The molecule has 7 heteroatoms. The maximum atomic E-state index is 12.9. The number of halogens is 1. The van der Waals surface area contributed by atoms with Gasteiger partial charge in [-0.3, -0.25) is 14.9 Å². The third-order valence-electron chi connectivity index (χ3n) is 5.28. The lowest BCUT2D eigenvalue weighted by atomic mass is 9.91. The van der Waals surface area contributed by atoms with Crippen molar-refractivity contribution in [2.75, 3.05) is 13.2 Å². The molecule has 0 spiro atoms. The highest BCUT2D eigenvalue weighted by atomic mass is 35.5. The molecule has 0 unspecified atom stereocenters. The van der Waals surface area contributed by atoms with Crippen LogP contribution in [0.1, 0.15) is 29.7 Å². The molecule has 0 fully saturated rings. The van der Waals surface area contributed by atoms with Crippen LogP contribution >= 0.6 is 11.6 Å². The fraction of sp³-hybridized carbons (Fsp3) is 0.318. The van der Waals surface area contributed by atoms with E-state index in [9.17, 15) is 9.59 Å². The molecule has 2 aliphatic heterocycles. The van der Waals surface area contributed by atoms with Crippen LogP contribution in [0.5, 0.6) is 0 Å². The first-order chi connectivity index (χ1) is 14.1. The van der Waals surface area contributed by atoms with Crippen LogP contribution in [0.2, 0.25) is 5.02 Å². The topological polar surface area (TPSA) is 71.0 Å². The number of carbonyl (C=O) groups excluding carboxylic acids is 2. The van der Waals surface area contributed by atoms with E-state index in [0.29, 0.717) is 17.5 Å². The van der Waals surface area contributed by atoms with Crippen molar-refractivity contribution in [1.82, 2.24) is 10.2 Å². The van der Waals surface area contributed by atoms with Crippen molar-refractivity contribution in [3.63, 3.8) is 0 Å². The van der Waals surface area contributed by atoms with Crippen LogP contribution in [0.15, 0.2) is 53.5 Å². The zero-order chi connectivity index (χ0) is 20.4. The highest BCUT2D eigenvalue weighted by molar-refractivity contribution is 6.30. The number of nitrogens with one attached hydrogen (secondary N) is 1. The average molecular weight is 412 g/mol. The smallest absolute Gasteiger partial charge is 0.321 e. The maximum Gasteiger partial charge on any atom is 0.321 e. The van der Waals surface area contributed by atoms with E-state index < -0.39 is 23.8 Å². The fourth-order valence-electron chi connectivity index (χ4n) is 3.80. The second kappa shape index (κ2) is 8.25. The molecule has 29 heavy (non-hydrogen) atoms. The minimum atomic E-state index is -1.03. The van der Waals surface area contributed by atoms with Crippen molar-refractivity contribution in [2.24, 2.45) is 10.9 Å². The average Bonchev–Trinajstić information content (AvgIpc) is 2.73. The van der Waals surface area contributed by atoms with Gasteiger partial charge < -0.3 is 9.64 Å². The number of guanidine groups is 1. The fourth-order valence-corrected chi connectivity index (χ4v) is 3.93. The van der Waals surface area contributed by atoms with E-state index in [-0.39, 0.29) is 6.61 Å². The van der Waals surface area contributed by atoms with E-state index in [4.69, 9.17) is 21.3 Å². The Hall–Kier alpha value is -2.86. The Morgan fingerprint density at radius 2 is 1.93 bits per heavy atom. The molecule has 150 valence electrons. The van der Waals surface area contributed by atoms with Crippen LogP contribution in [0.4, 0.5) is 0 Å². The van der Waals surface area contributed by atoms with Crippen LogP contribution in [0, 0.1) is 5.92 Å². The predicted molar refractivity (Wildman–Crippen MR) is 110 cm³/mol. The van der Waals surface area contributed by atoms with Crippen LogP contribution in [0.3, 0.4) is 0 Å². The molecule has 2 atom stereocenters. The summed E-state index contributed by atoms with van der Waals surface area (Å²) in [4.78, 5) is 32.3. The van der Waals surface area contributed by atoms with E-state index >= 15 is 0 Å². The quantitative estimate of drug-likeness (QED) is 0.622. The molecule has 2 aromatic carbocycles. The Morgan fingerprint density at radius 1 is 1.21 bits per heavy atom. The van der Waals surface area contributed by atoms with Gasteiger partial charge in [0.25, 0.3) is 0 Å². The number of nitrogens with zero attached hydrogens (tertiary/aromatic N) is 2. The number of hydrogen-bond donors (Lipinski definition) is 1. The van der Waals surface area contributed by atoms with E-state index in [1.807, 2.05) is 17.0 Å². The van der Waals surface area contributed by atoms with Crippen LogP contribution in [-0.4, -0.2) is 35.9 Å². The molecule has 2 aromatic rings. The molecule has 4 rings (SSSR count). The van der Waals surface area contributed by atoms with Gasteiger partial charge in [0.05, 0.1) is 6.61 Å². The largest absolute Gasteiger partial charge is 0.465 e. The third kappa shape index (κ3) is 3.98. The first-order valence-corrected chi connectivity index (χ1v) is 10.1. The normalized spacial score (nSPS) is 21.1. The number of rotatable bonds is 3. The van der Waals surface area contributed by atoms with Gasteiger partial charge in [-0.05, 0) is 42.2 Å². The summed E-state index contributed by atoms with van der Waals surface area (Å²) < 4.78 is 5.15. The van der Waals surface area contributed by atoms with Crippen LogP contribution < -0.4 is 5.32 Å². The Morgan fingerprint density at radius 3 is 2.66 bits per heavy atom. The zero-order valence-corrected chi connectivity index (χ0v) is 16.9. The van der Waals surface area contributed by atoms with E-state index in [1.54, 1.807) is 31.2 Å². The highest BCUT2D eigenvalue weighted by Crippen LogP contribution is 2.32. The zero-order valence-electron chi connectivity index (χ0n) is 16.1. The maximum absolute atomic E-state index is 12.9. The summed E-state index contributed by atoms with van der Waals surface area (Å²) in [6, 6.07) is 14.7. The molecule has 2 aliphatic rings. The molecule has 0 aliphatic carbocycles. The number of amides is 1. The van der Waals surface area contributed by atoms with Gasteiger partial charge in [-0.15, -0.1) is 0 Å².